The summed E-state index contributed by atoms with van der Waals surface area (Å²) in [5.41, 5.74) is -1.63. The number of carbonyl (C=O) groups excluding carboxylic acids is 2. The van der Waals surface area contributed by atoms with E-state index in [9.17, 15) is 35.9 Å². The molecule has 0 bridgehead atoms. The van der Waals surface area contributed by atoms with Gasteiger partial charge in [0.2, 0.25) is 11.9 Å². The smallest absolute Gasteiger partial charge is 0.416 e. The molecule has 0 unspecified atom stereocenters. The van der Waals surface area contributed by atoms with Crippen molar-refractivity contribution in [2.75, 3.05) is 12.0 Å². The Morgan fingerprint density at radius 1 is 0.880 bits per heavy atom. The molecule has 5 rings (SSSR count). The van der Waals surface area contributed by atoms with Crippen molar-refractivity contribution in [2.24, 2.45) is 11.8 Å². The third-order valence-electron chi connectivity index (χ3n) is 10.1. The third-order valence-corrected chi connectivity index (χ3v) is 10.1. The van der Waals surface area contributed by atoms with Crippen molar-refractivity contribution in [3.8, 4) is 11.1 Å². The molecule has 1 aromatic carbocycles. The maximum absolute atomic E-state index is 14.1. The normalized spacial score (nSPS) is 23.1. The first-order valence-corrected chi connectivity index (χ1v) is 17.0. The Morgan fingerprint density at radius 3 is 1.94 bits per heavy atom. The summed E-state index contributed by atoms with van der Waals surface area (Å²) in [7, 11) is 1.36. The van der Waals surface area contributed by atoms with Crippen LogP contribution in [-0.4, -0.2) is 62.2 Å². The van der Waals surface area contributed by atoms with Crippen LogP contribution >= 0.6 is 0 Å². The minimum atomic E-state index is -4.99. The van der Waals surface area contributed by atoms with Gasteiger partial charge >= 0.3 is 18.3 Å². The molecule has 2 aromatic heterocycles. The van der Waals surface area contributed by atoms with Crippen molar-refractivity contribution in [1.82, 2.24) is 25.1 Å². The lowest BCUT2D eigenvalue weighted by molar-refractivity contribution is -0.146. The van der Waals surface area contributed by atoms with E-state index >= 15 is 0 Å². The number of alkyl halides is 6. The minimum absolute atomic E-state index is 0.0543. The monoisotopic (exact) mass is 708 g/mol. The van der Waals surface area contributed by atoms with Crippen molar-refractivity contribution < 1.29 is 40.7 Å². The Bertz CT molecular complexity index is 1540. The van der Waals surface area contributed by atoms with Gasteiger partial charge in [-0.1, -0.05) is 13.8 Å². The molecule has 3 aromatic rings. The number of methoxy groups -OCH3 is 1. The fourth-order valence-electron chi connectivity index (χ4n) is 7.43. The second-order valence-electron chi connectivity index (χ2n) is 13.3. The van der Waals surface area contributed by atoms with Crippen molar-refractivity contribution in [2.45, 2.75) is 109 Å². The van der Waals surface area contributed by atoms with Crippen molar-refractivity contribution in [3.63, 3.8) is 0 Å². The molecule has 1 amide bonds. The van der Waals surface area contributed by atoms with Crippen LogP contribution in [0.4, 0.5) is 32.3 Å². The Kier molecular flexibility index (Phi) is 11.4. The van der Waals surface area contributed by atoms with Crippen LogP contribution in [-0.2, 0) is 33.2 Å². The van der Waals surface area contributed by atoms with Crippen molar-refractivity contribution >= 4 is 17.8 Å². The molecule has 15 heteroatoms. The van der Waals surface area contributed by atoms with E-state index in [0.29, 0.717) is 56.1 Å². The number of esters is 1. The number of rotatable bonds is 10. The zero-order valence-corrected chi connectivity index (χ0v) is 28.2. The summed E-state index contributed by atoms with van der Waals surface area (Å²) in [5.74, 6) is -0.0729. The Labute approximate surface area is 286 Å². The van der Waals surface area contributed by atoms with Gasteiger partial charge in [0.1, 0.15) is 0 Å². The van der Waals surface area contributed by atoms with Crippen LogP contribution in [0.2, 0.25) is 0 Å². The molecule has 272 valence electrons. The van der Waals surface area contributed by atoms with Crippen molar-refractivity contribution in [1.29, 1.82) is 0 Å². The molecule has 0 radical (unpaired) electrons. The van der Waals surface area contributed by atoms with Gasteiger partial charge in [-0.3, -0.25) is 14.7 Å². The first-order chi connectivity index (χ1) is 23.7. The summed E-state index contributed by atoms with van der Waals surface area (Å²) in [6.45, 7) is 3.63. The predicted octanol–water partition coefficient (Wildman–Crippen LogP) is 7.83. The molecule has 1 saturated carbocycles. The second kappa shape index (κ2) is 15.4. The Morgan fingerprint density at radius 2 is 1.46 bits per heavy atom. The van der Waals surface area contributed by atoms with Gasteiger partial charge < -0.3 is 14.5 Å². The van der Waals surface area contributed by atoms with Gasteiger partial charge in [-0.25, -0.2) is 9.97 Å². The van der Waals surface area contributed by atoms with E-state index in [1.54, 1.807) is 17.3 Å². The highest BCUT2D eigenvalue weighted by Crippen LogP contribution is 2.40. The molecular weight excluding hydrogens is 666 g/mol. The molecule has 2 fully saturated rings. The van der Waals surface area contributed by atoms with E-state index in [0.717, 1.165) is 25.0 Å². The average molecular weight is 709 g/mol. The van der Waals surface area contributed by atoms with E-state index < -0.39 is 29.5 Å². The van der Waals surface area contributed by atoms with Gasteiger partial charge in [-0.05, 0) is 81.0 Å². The number of piperidine rings is 1. The molecule has 3 heterocycles. The number of aromatic nitrogens is 4. The van der Waals surface area contributed by atoms with E-state index in [4.69, 9.17) is 4.74 Å². The molecule has 1 N–H and O–H groups in total. The molecule has 1 aliphatic carbocycles. The first kappa shape index (κ1) is 37.1. The largest absolute Gasteiger partial charge is 0.469 e. The molecule has 0 spiro atoms. The van der Waals surface area contributed by atoms with E-state index in [1.807, 2.05) is 18.7 Å². The number of hydrogen-bond acceptors (Lipinski definition) is 7. The molecule has 1 aliphatic heterocycles. The standard InChI is InChI=1S/C35H42F6N6O3/c1-4-28-14-30(15-29(5-2)47(28)32(49)23-8-6-21(7-9-23)12-31(48)50-3)46(33-42-16-24(17-43-33)25-18-44-45-19-25)20-22-10-26(34(36,37)38)13-27(11-22)35(39,40)41/h10-11,13,16-19,21,23,28-30H,4-9,12,14-15,20H2,1-3H3,(H,44,45)/t21-,23-,28-,29+,30+. The summed E-state index contributed by atoms with van der Waals surface area (Å²) < 4.78 is 87.7. The van der Waals surface area contributed by atoms with Gasteiger partial charge in [0.05, 0.1) is 24.4 Å². The lowest BCUT2D eigenvalue weighted by atomic mass is 9.78. The highest BCUT2D eigenvalue weighted by Gasteiger charge is 2.43. The molecular formula is C35H42F6N6O3. The van der Waals surface area contributed by atoms with E-state index in [1.165, 1.54) is 19.5 Å². The van der Waals surface area contributed by atoms with Gasteiger partial charge in [0, 0.05) is 66.7 Å². The Hall–Kier alpha value is -4.17. The summed E-state index contributed by atoms with van der Waals surface area (Å²) in [6, 6.07) is 0.765. The quantitative estimate of drug-likeness (QED) is 0.169. The lowest BCUT2D eigenvalue weighted by Gasteiger charge is -2.49. The maximum Gasteiger partial charge on any atom is 0.416 e. The highest BCUT2D eigenvalue weighted by molar-refractivity contribution is 5.80. The van der Waals surface area contributed by atoms with Gasteiger partial charge in [-0.15, -0.1) is 0 Å². The molecule has 2 aliphatic rings. The number of aromatic amines is 1. The predicted molar refractivity (Wildman–Crippen MR) is 172 cm³/mol. The van der Waals surface area contributed by atoms with Crippen LogP contribution < -0.4 is 4.90 Å². The molecule has 1 saturated heterocycles. The number of amides is 1. The average Bonchev–Trinajstić information content (AvgIpc) is 3.64. The number of halogens is 6. The van der Waals surface area contributed by atoms with Crippen LogP contribution in [0.25, 0.3) is 11.1 Å². The number of ether oxygens (including phenoxy) is 1. The van der Waals surface area contributed by atoms with Crippen LogP contribution in [0.3, 0.4) is 0 Å². The van der Waals surface area contributed by atoms with Gasteiger partial charge in [0.25, 0.3) is 0 Å². The van der Waals surface area contributed by atoms with E-state index in [-0.39, 0.29) is 59.9 Å². The number of anilines is 1. The number of likely N-dealkylation sites (tertiary alicyclic amines) is 1. The number of nitrogens with one attached hydrogen (secondary N) is 1. The molecule has 50 heavy (non-hydrogen) atoms. The lowest BCUT2D eigenvalue weighted by Crippen LogP contribution is -2.58. The van der Waals surface area contributed by atoms with Gasteiger partial charge in [0.15, 0.2) is 0 Å². The number of nitrogens with zero attached hydrogens (tertiary/aromatic N) is 5. The highest BCUT2D eigenvalue weighted by atomic mass is 19.4. The fraction of sp³-hybridized carbons (Fsp3) is 0.571. The SMILES string of the molecule is CC[C@@H]1C[C@H](N(Cc2cc(C(F)(F)F)cc(C(F)(F)F)c2)c2ncc(-c3cn[nH]c3)cn2)C[C@H](CC)N1C(=O)[C@H]1CC[C@H](CC(=O)OC)CC1. The Balaban J connectivity index is 1.45. The van der Waals surface area contributed by atoms with Crippen molar-refractivity contribution in [3.05, 3.63) is 59.7 Å². The zero-order chi connectivity index (χ0) is 36.2. The molecule has 9 nitrogen and oxygen atoms in total. The summed E-state index contributed by atoms with van der Waals surface area (Å²) >= 11 is 0. The minimum Gasteiger partial charge on any atom is -0.469 e. The number of carbonyl (C=O) groups is 2. The van der Waals surface area contributed by atoms with Crippen LogP contribution in [0.5, 0.6) is 0 Å². The van der Waals surface area contributed by atoms with Crippen LogP contribution in [0.1, 0.15) is 88.3 Å². The van der Waals surface area contributed by atoms with Gasteiger partial charge in [-0.2, -0.15) is 31.4 Å². The fourth-order valence-corrected chi connectivity index (χ4v) is 7.43. The number of benzene rings is 1. The topological polar surface area (TPSA) is 104 Å². The molecule has 3 atom stereocenters. The first-order valence-electron chi connectivity index (χ1n) is 17.0. The second-order valence-corrected chi connectivity index (χ2v) is 13.3. The third kappa shape index (κ3) is 8.58. The summed E-state index contributed by atoms with van der Waals surface area (Å²) in [5, 5.41) is 6.63. The summed E-state index contributed by atoms with van der Waals surface area (Å²) in [4.78, 5) is 38.6. The number of hydrogen-bond donors (Lipinski definition) is 1. The zero-order valence-electron chi connectivity index (χ0n) is 28.2. The van der Waals surface area contributed by atoms with Crippen LogP contribution in [0.15, 0.2) is 43.0 Å². The van der Waals surface area contributed by atoms with Crippen LogP contribution in [0, 0.1) is 11.8 Å². The summed E-state index contributed by atoms with van der Waals surface area (Å²) in [6.07, 6.45) is 1.51. The maximum atomic E-state index is 14.1. The number of H-pyrrole nitrogens is 1. The van der Waals surface area contributed by atoms with E-state index in [2.05, 4.69) is 20.2 Å².